The van der Waals surface area contributed by atoms with Crippen LogP contribution >= 0.6 is 0 Å². The molecule has 0 spiro atoms. The normalized spacial score (nSPS) is 15.6. The molecule has 0 radical (unpaired) electrons. The fourth-order valence-corrected chi connectivity index (χ4v) is 3.27. The van der Waals surface area contributed by atoms with Crippen molar-refractivity contribution in [1.29, 1.82) is 0 Å². The van der Waals surface area contributed by atoms with Crippen LogP contribution in [0.25, 0.3) is 0 Å². The van der Waals surface area contributed by atoms with E-state index in [1.165, 1.54) is 11.1 Å². The average molecular weight is 342 g/mol. The molecule has 1 aliphatic rings. The molecule has 0 aromatic heterocycles. The number of ether oxygens (including phenoxy) is 1. The maximum absolute atomic E-state index is 10.3. The van der Waals surface area contributed by atoms with Crippen molar-refractivity contribution in [1.82, 2.24) is 10.2 Å². The Kier molecular flexibility index (Phi) is 5.91. The predicted molar refractivity (Wildman–Crippen MR) is 97.8 cm³/mol. The molecule has 134 valence electrons. The monoisotopic (exact) mass is 342 g/mol. The second kappa shape index (κ2) is 8.34. The van der Waals surface area contributed by atoms with Crippen LogP contribution in [0.4, 0.5) is 0 Å². The van der Waals surface area contributed by atoms with Gasteiger partial charge in [-0.1, -0.05) is 30.3 Å². The van der Waals surface area contributed by atoms with Gasteiger partial charge in [-0.15, -0.1) is 0 Å². The van der Waals surface area contributed by atoms with Crippen LogP contribution in [0, 0.1) is 0 Å². The molecular formula is C20H26N2O3. The second-order valence-electron chi connectivity index (χ2n) is 6.53. The van der Waals surface area contributed by atoms with E-state index in [4.69, 9.17) is 4.74 Å². The van der Waals surface area contributed by atoms with Gasteiger partial charge in [-0.25, -0.2) is 0 Å². The van der Waals surface area contributed by atoms with E-state index in [0.29, 0.717) is 25.4 Å². The van der Waals surface area contributed by atoms with Crippen LogP contribution in [-0.4, -0.2) is 48.0 Å². The van der Waals surface area contributed by atoms with Crippen LogP contribution in [-0.2, 0) is 19.5 Å². The first-order valence-corrected chi connectivity index (χ1v) is 8.69. The Hall–Kier alpha value is -2.08. The summed E-state index contributed by atoms with van der Waals surface area (Å²) in [4.78, 5) is 2.29. The molecule has 3 rings (SSSR count). The number of aliphatic hydroxyl groups is 1. The minimum atomic E-state index is -0.439. The lowest BCUT2D eigenvalue weighted by Crippen LogP contribution is -2.40. The van der Waals surface area contributed by atoms with Gasteiger partial charge in [0.15, 0.2) is 0 Å². The van der Waals surface area contributed by atoms with Gasteiger partial charge in [0, 0.05) is 44.4 Å². The first-order chi connectivity index (χ1) is 12.2. The Morgan fingerprint density at radius 2 is 2.00 bits per heavy atom. The molecule has 0 saturated carbocycles. The molecule has 0 fully saturated rings. The third kappa shape index (κ3) is 4.72. The lowest BCUT2D eigenvalue weighted by molar-refractivity contribution is 0.104. The van der Waals surface area contributed by atoms with Crippen molar-refractivity contribution >= 4 is 0 Å². The SMILES string of the molecule is COc1ccc(CNCC(O)CN2CCc3ccccc3C2)c(O)c1. The van der Waals surface area contributed by atoms with Crippen LogP contribution in [0.15, 0.2) is 42.5 Å². The number of phenolic OH excluding ortho intramolecular Hbond substituents is 1. The smallest absolute Gasteiger partial charge is 0.123 e. The van der Waals surface area contributed by atoms with Gasteiger partial charge in [-0.05, 0) is 23.6 Å². The van der Waals surface area contributed by atoms with Crippen molar-refractivity contribution in [3.05, 3.63) is 59.2 Å². The van der Waals surface area contributed by atoms with Crippen molar-refractivity contribution < 1.29 is 14.9 Å². The van der Waals surface area contributed by atoms with Gasteiger partial charge in [0.05, 0.1) is 13.2 Å². The van der Waals surface area contributed by atoms with Crippen molar-refractivity contribution in [2.75, 3.05) is 26.7 Å². The second-order valence-corrected chi connectivity index (χ2v) is 6.53. The molecule has 3 N–H and O–H groups in total. The highest BCUT2D eigenvalue weighted by Gasteiger charge is 2.18. The Morgan fingerprint density at radius 3 is 2.76 bits per heavy atom. The highest BCUT2D eigenvalue weighted by Crippen LogP contribution is 2.23. The molecule has 2 aromatic carbocycles. The van der Waals surface area contributed by atoms with E-state index in [1.807, 2.05) is 12.1 Å². The number of β-amino-alcohol motifs (C(OH)–C–C–N with tert-alkyl or cyclic N) is 1. The lowest BCUT2D eigenvalue weighted by Gasteiger charge is -2.30. The summed E-state index contributed by atoms with van der Waals surface area (Å²) >= 11 is 0. The fraction of sp³-hybridized carbons (Fsp3) is 0.400. The topological polar surface area (TPSA) is 65.0 Å². The third-order valence-electron chi connectivity index (χ3n) is 4.67. The van der Waals surface area contributed by atoms with Crippen molar-refractivity contribution in [2.24, 2.45) is 0 Å². The lowest BCUT2D eigenvalue weighted by atomic mass is 10.00. The zero-order valence-corrected chi connectivity index (χ0v) is 14.6. The number of aromatic hydroxyl groups is 1. The van der Waals surface area contributed by atoms with Crippen LogP contribution in [0.1, 0.15) is 16.7 Å². The molecule has 1 aliphatic heterocycles. The van der Waals surface area contributed by atoms with E-state index >= 15 is 0 Å². The number of hydrogen-bond donors (Lipinski definition) is 3. The molecule has 0 amide bonds. The molecule has 1 heterocycles. The highest BCUT2D eigenvalue weighted by molar-refractivity contribution is 5.39. The molecule has 1 atom stereocenters. The molecular weight excluding hydrogens is 316 g/mol. The Labute approximate surface area is 148 Å². The minimum absolute atomic E-state index is 0.203. The van der Waals surface area contributed by atoms with Crippen LogP contribution < -0.4 is 10.1 Å². The summed E-state index contributed by atoms with van der Waals surface area (Å²) < 4.78 is 5.08. The molecule has 1 unspecified atom stereocenters. The quantitative estimate of drug-likeness (QED) is 0.717. The Bertz CT molecular complexity index is 705. The Balaban J connectivity index is 1.44. The number of nitrogens with zero attached hydrogens (tertiary/aromatic N) is 1. The Morgan fingerprint density at radius 1 is 1.20 bits per heavy atom. The minimum Gasteiger partial charge on any atom is -0.507 e. The number of methoxy groups -OCH3 is 1. The maximum Gasteiger partial charge on any atom is 0.123 e. The van der Waals surface area contributed by atoms with E-state index in [0.717, 1.165) is 25.1 Å². The van der Waals surface area contributed by atoms with E-state index in [-0.39, 0.29) is 5.75 Å². The number of phenols is 1. The summed E-state index contributed by atoms with van der Waals surface area (Å²) in [6, 6.07) is 13.8. The highest BCUT2D eigenvalue weighted by atomic mass is 16.5. The summed E-state index contributed by atoms with van der Waals surface area (Å²) in [5.74, 6) is 0.834. The zero-order chi connectivity index (χ0) is 17.6. The zero-order valence-electron chi connectivity index (χ0n) is 14.6. The molecule has 2 aromatic rings. The largest absolute Gasteiger partial charge is 0.507 e. The van der Waals surface area contributed by atoms with E-state index in [2.05, 4.69) is 34.5 Å². The maximum atomic E-state index is 10.3. The van der Waals surface area contributed by atoms with Crippen LogP contribution in [0.3, 0.4) is 0 Å². The van der Waals surface area contributed by atoms with E-state index in [1.54, 1.807) is 13.2 Å². The van der Waals surface area contributed by atoms with E-state index in [9.17, 15) is 10.2 Å². The molecule has 5 heteroatoms. The van der Waals surface area contributed by atoms with Gasteiger partial charge in [-0.2, -0.15) is 0 Å². The summed E-state index contributed by atoms with van der Waals surface area (Å²) in [6.45, 7) is 3.52. The van der Waals surface area contributed by atoms with Gasteiger partial charge in [0.1, 0.15) is 11.5 Å². The van der Waals surface area contributed by atoms with Gasteiger partial charge in [0.2, 0.25) is 0 Å². The van der Waals surface area contributed by atoms with Crippen molar-refractivity contribution in [3.63, 3.8) is 0 Å². The summed E-state index contributed by atoms with van der Waals surface area (Å²) in [5.41, 5.74) is 3.57. The molecule has 0 aliphatic carbocycles. The summed E-state index contributed by atoms with van der Waals surface area (Å²) in [7, 11) is 1.57. The molecule has 0 bridgehead atoms. The van der Waals surface area contributed by atoms with Crippen LogP contribution in [0.2, 0.25) is 0 Å². The fourth-order valence-electron chi connectivity index (χ4n) is 3.27. The van der Waals surface area contributed by atoms with Crippen molar-refractivity contribution in [3.8, 4) is 11.5 Å². The first-order valence-electron chi connectivity index (χ1n) is 8.69. The average Bonchev–Trinajstić information content (AvgIpc) is 2.63. The van der Waals surface area contributed by atoms with Crippen molar-refractivity contribution in [2.45, 2.75) is 25.6 Å². The molecule has 0 saturated heterocycles. The predicted octanol–water partition coefficient (Wildman–Crippen LogP) is 1.91. The summed E-state index contributed by atoms with van der Waals surface area (Å²) in [5, 5.41) is 23.5. The molecule has 25 heavy (non-hydrogen) atoms. The van der Waals surface area contributed by atoms with Gasteiger partial charge in [-0.3, -0.25) is 4.90 Å². The van der Waals surface area contributed by atoms with Gasteiger partial charge >= 0.3 is 0 Å². The number of fused-ring (bicyclic) bond motifs is 1. The number of rotatable bonds is 7. The number of aliphatic hydroxyl groups excluding tert-OH is 1. The van der Waals surface area contributed by atoms with Gasteiger partial charge in [0.25, 0.3) is 0 Å². The number of nitrogens with one attached hydrogen (secondary N) is 1. The third-order valence-corrected chi connectivity index (χ3v) is 4.67. The first kappa shape index (κ1) is 17.7. The van der Waals surface area contributed by atoms with E-state index < -0.39 is 6.10 Å². The van der Waals surface area contributed by atoms with Gasteiger partial charge < -0.3 is 20.3 Å². The summed E-state index contributed by atoms with van der Waals surface area (Å²) in [6.07, 6.45) is 0.599. The standard InChI is InChI=1S/C20H26N2O3/c1-25-19-7-6-16(20(24)10-19)11-21-12-18(23)14-22-9-8-15-4-2-3-5-17(15)13-22/h2-7,10,18,21,23-24H,8-9,11-14H2,1H3. The number of benzene rings is 2. The van der Waals surface area contributed by atoms with Crippen LogP contribution in [0.5, 0.6) is 11.5 Å². The number of hydrogen-bond acceptors (Lipinski definition) is 5. The molecule has 5 nitrogen and oxygen atoms in total.